The predicted octanol–water partition coefficient (Wildman–Crippen LogP) is 1.73. The van der Waals surface area contributed by atoms with Gasteiger partial charge in [0.2, 0.25) is 5.76 Å². The fraction of sp³-hybridized carbons (Fsp3) is 0.462. The highest BCUT2D eigenvalue weighted by Gasteiger charge is 2.27. The van der Waals surface area contributed by atoms with Crippen LogP contribution in [0.15, 0.2) is 22.9 Å². The third-order valence-electron chi connectivity index (χ3n) is 3.51. The zero-order chi connectivity index (χ0) is 13.2. The average molecular weight is 260 g/mol. The fourth-order valence-corrected chi connectivity index (χ4v) is 2.53. The molecule has 2 aromatic heterocycles. The number of aromatic amines is 1. The van der Waals surface area contributed by atoms with Gasteiger partial charge in [-0.15, -0.1) is 0 Å². The SMILES string of the molecule is Cc1cc(C(=O)N2CCC[C@H](c3ccn[nH]3)C2)on1. The van der Waals surface area contributed by atoms with Gasteiger partial charge in [-0.2, -0.15) is 5.10 Å². The Labute approximate surface area is 110 Å². The van der Waals surface area contributed by atoms with E-state index in [9.17, 15) is 4.79 Å². The number of carbonyl (C=O) groups excluding carboxylic acids is 1. The third kappa shape index (κ3) is 2.38. The van der Waals surface area contributed by atoms with Gasteiger partial charge in [0, 0.05) is 37.0 Å². The Kier molecular flexibility index (Phi) is 3.06. The summed E-state index contributed by atoms with van der Waals surface area (Å²) in [6.07, 6.45) is 3.81. The zero-order valence-electron chi connectivity index (χ0n) is 10.8. The second-order valence-electron chi connectivity index (χ2n) is 4.93. The van der Waals surface area contributed by atoms with Crippen molar-refractivity contribution < 1.29 is 9.32 Å². The number of hydrogen-bond acceptors (Lipinski definition) is 4. The molecule has 0 unspecified atom stereocenters. The summed E-state index contributed by atoms with van der Waals surface area (Å²) < 4.78 is 5.04. The number of carbonyl (C=O) groups is 1. The van der Waals surface area contributed by atoms with E-state index in [1.54, 1.807) is 12.3 Å². The molecule has 1 aliphatic rings. The van der Waals surface area contributed by atoms with Crippen molar-refractivity contribution in [1.29, 1.82) is 0 Å². The van der Waals surface area contributed by atoms with Crippen LogP contribution in [0.4, 0.5) is 0 Å². The van der Waals surface area contributed by atoms with Crippen LogP contribution in [0.2, 0.25) is 0 Å². The highest BCUT2D eigenvalue weighted by Crippen LogP contribution is 2.26. The first-order valence-corrected chi connectivity index (χ1v) is 6.46. The molecule has 3 rings (SSSR count). The van der Waals surface area contributed by atoms with E-state index in [-0.39, 0.29) is 5.91 Å². The molecule has 3 heterocycles. The fourth-order valence-electron chi connectivity index (χ4n) is 2.53. The molecule has 0 radical (unpaired) electrons. The number of nitrogens with zero attached hydrogens (tertiary/aromatic N) is 3. The normalized spacial score (nSPS) is 19.6. The quantitative estimate of drug-likeness (QED) is 0.892. The van der Waals surface area contributed by atoms with Crippen molar-refractivity contribution in [2.45, 2.75) is 25.7 Å². The van der Waals surface area contributed by atoms with Crippen molar-refractivity contribution in [3.05, 3.63) is 35.5 Å². The van der Waals surface area contributed by atoms with Crippen LogP contribution >= 0.6 is 0 Å². The summed E-state index contributed by atoms with van der Waals surface area (Å²) in [6, 6.07) is 3.65. The summed E-state index contributed by atoms with van der Waals surface area (Å²) in [5.41, 5.74) is 1.82. The Balaban J connectivity index is 1.73. The molecular formula is C13H16N4O2. The molecule has 0 bridgehead atoms. The Morgan fingerprint density at radius 2 is 2.47 bits per heavy atom. The van der Waals surface area contributed by atoms with Crippen molar-refractivity contribution in [3.8, 4) is 0 Å². The first kappa shape index (κ1) is 12.0. The summed E-state index contributed by atoms with van der Waals surface area (Å²) in [5.74, 6) is 0.566. The van der Waals surface area contributed by atoms with Crippen molar-refractivity contribution in [3.63, 3.8) is 0 Å². The van der Waals surface area contributed by atoms with E-state index in [0.29, 0.717) is 18.2 Å². The maximum absolute atomic E-state index is 12.3. The molecular weight excluding hydrogens is 244 g/mol. The van der Waals surface area contributed by atoms with Crippen molar-refractivity contribution in [2.24, 2.45) is 0 Å². The molecule has 1 fully saturated rings. The average Bonchev–Trinajstić information content (AvgIpc) is 3.09. The number of aryl methyl sites for hydroxylation is 1. The van der Waals surface area contributed by atoms with E-state index in [2.05, 4.69) is 15.4 Å². The molecule has 1 aliphatic heterocycles. The number of hydrogen-bond donors (Lipinski definition) is 1. The number of likely N-dealkylation sites (tertiary alicyclic amines) is 1. The van der Waals surface area contributed by atoms with Crippen LogP contribution in [0.5, 0.6) is 0 Å². The van der Waals surface area contributed by atoms with Crippen LogP contribution in [0.1, 0.15) is 40.7 Å². The first-order valence-electron chi connectivity index (χ1n) is 6.46. The predicted molar refractivity (Wildman–Crippen MR) is 67.7 cm³/mol. The molecule has 6 nitrogen and oxygen atoms in total. The van der Waals surface area contributed by atoms with Crippen LogP contribution < -0.4 is 0 Å². The highest BCUT2D eigenvalue weighted by atomic mass is 16.5. The second-order valence-corrected chi connectivity index (χ2v) is 4.93. The van der Waals surface area contributed by atoms with Gasteiger partial charge in [-0.1, -0.05) is 5.16 Å². The van der Waals surface area contributed by atoms with Crippen molar-refractivity contribution in [2.75, 3.05) is 13.1 Å². The highest BCUT2D eigenvalue weighted by molar-refractivity contribution is 5.91. The van der Waals surface area contributed by atoms with E-state index in [1.165, 1.54) is 0 Å². The standard InChI is InChI=1S/C13H16N4O2/c1-9-7-12(19-16-9)13(18)17-6-2-3-10(8-17)11-4-5-14-15-11/h4-5,7,10H,2-3,6,8H2,1H3,(H,14,15)/t10-/m0/s1. The molecule has 1 N–H and O–H groups in total. The summed E-state index contributed by atoms with van der Waals surface area (Å²) in [6.45, 7) is 3.27. The van der Waals surface area contributed by atoms with Crippen molar-refractivity contribution in [1.82, 2.24) is 20.3 Å². The van der Waals surface area contributed by atoms with E-state index >= 15 is 0 Å². The first-order chi connectivity index (χ1) is 9.24. The zero-order valence-corrected chi connectivity index (χ0v) is 10.8. The molecule has 0 aliphatic carbocycles. The number of H-pyrrole nitrogens is 1. The van der Waals surface area contributed by atoms with Crippen LogP contribution in [0.25, 0.3) is 0 Å². The number of piperidine rings is 1. The van der Waals surface area contributed by atoms with Gasteiger partial charge < -0.3 is 9.42 Å². The minimum absolute atomic E-state index is 0.0789. The maximum atomic E-state index is 12.3. The van der Waals surface area contributed by atoms with Gasteiger partial charge in [-0.05, 0) is 25.8 Å². The molecule has 1 amide bonds. The van der Waals surface area contributed by atoms with E-state index in [1.807, 2.05) is 17.9 Å². The number of amides is 1. The minimum Gasteiger partial charge on any atom is -0.351 e. The molecule has 0 saturated carbocycles. The number of aromatic nitrogens is 3. The number of nitrogens with one attached hydrogen (secondary N) is 1. The number of rotatable bonds is 2. The molecule has 100 valence electrons. The lowest BCUT2D eigenvalue weighted by molar-refractivity contribution is 0.0664. The van der Waals surface area contributed by atoms with E-state index in [0.717, 1.165) is 30.8 Å². The van der Waals surface area contributed by atoms with Crippen LogP contribution in [-0.4, -0.2) is 39.3 Å². The molecule has 6 heteroatoms. The Bertz CT molecular complexity index is 561. The van der Waals surface area contributed by atoms with Crippen LogP contribution in [-0.2, 0) is 0 Å². The molecule has 0 aromatic carbocycles. The molecule has 0 spiro atoms. The van der Waals surface area contributed by atoms with Crippen LogP contribution in [0.3, 0.4) is 0 Å². The topological polar surface area (TPSA) is 75.0 Å². The van der Waals surface area contributed by atoms with Crippen molar-refractivity contribution >= 4 is 5.91 Å². The second kappa shape index (κ2) is 4.87. The third-order valence-corrected chi connectivity index (χ3v) is 3.51. The van der Waals surface area contributed by atoms with Gasteiger partial charge in [0.25, 0.3) is 5.91 Å². The van der Waals surface area contributed by atoms with Gasteiger partial charge in [0.15, 0.2) is 0 Å². The Hall–Kier alpha value is -2.11. The summed E-state index contributed by atoms with van der Waals surface area (Å²) in [4.78, 5) is 14.1. The largest absolute Gasteiger partial charge is 0.351 e. The lowest BCUT2D eigenvalue weighted by atomic mass is 9.95. The van der Waals surface area contributed by atoms with Gasteiger partial charge in [0.05, 0.1) is 5.69 Å². The Morgan fingerprint density at radius 1 is 1.58 bits per heavy atom. The molecule has 19 heavy (non-hydrogen) atoms. The lowest BCUT2D eigenvalue weighted by Crippen LogP contribution is -2.39. The van der Waals surface area contributed by atoms with Gasteiger partial charge in [0.1, 0.15) is 0 Å². The van der Waals surface area contributed by atoms with Gasteiger partial charge in [-0.25, -0.2) is 0 Å². The van der Waals surface area contributed by atoms with Crippen LogP contribution in [0, 0.1) is 6.92 Å². The lowest BCUT2D eigenvalue weighted by Gasteiger charge is -2.31. The smallest absolute Gasteiger partial charge is 0.292 e. The minimum atomic E-state index is -0.0789. The maximum Gasteiger partial charge on any atom is 0.292 e. The molecule has 1 saturated heterocycles. The van der Waals surface area contributed by atoms with Gasteiger partial charge >= 0.3 is 0 Å². The Morgan fingerprint density at radius 3 is 3.16 bits per heavy atom. The molecule has 2 aromatic rings. The van der Waals surface area contributed by atoms with E-state index in [4.69, 9.17) is 4.52 Å². The van der Waals surface area contributed by atoms with E-state index < -0.39 is 0 Å². The summed E-state index contributed by atoms with van der Waals surface area (Å²) in [7, 11) is 0. The summed E-state index contributed by atoms with van der Waals surface area (Å²) in [5, 5.41) is 10.7. The molecule has 1 atom stereocenters. The monoisotopic (exact) mass is 260 g/mol. The van der Waals surface area contributed by atoms with Gasteiger partial charge in [-0.3, -0.25) is 9.89 Å². The summed E-state index contributed by atoms with van der Waals surface area (Å²) >= 11 is 0.